The van der Waals surface area contributed by atoms with Crippen molar-refractivity contribution < 1.29 is 0 Å². The monoisotopic (exact) mass is 1960 g/mol. The average molecular weight is 1960 g/mol. The van der Waals surface area contributed by atoms with Gasteiger partial charge in [-0.25, -0.2) is 9.97 Å². The highest BCUT2D eigenvalue weighted by Gasteiger charge is 2.27. The minimum Gasteiger partial charge on any atom is -0.309 e. The lowest BCUT2D eigenvalue weighted by atomic mass is 9.96. The molecule has 24 aromatic carbocycles. The lowest BCUT2D eigenvalue weighted by Crippen LogP contribution is -2.00. The fourth-order valence-electron chi connectivity index (χ4n) is 23.5. The van der Waals surface area contributed by atoms with Crippen LogP contribution in [0.5, 0.6) is 0 Å². The summed E-state index contributed by atoms with van der Waals surface area (Å²) in [6.07, 6.45) is 0. The van der Waals surface area contributed by atoms with Crippen molar-refractivity contribution in [1.29, 1.82) is 0 Å². The Morgan fingerprint density at radius 2 is 0.380 bits per heavy atom. The lowest BCUT2D eigenvalue weighted by Gasteiger charge is -2.14. The van der Waals surface area contributed by atoms with Crippen LogP contribution in [0.2, 0.25) is 0 Å². The van der Waals surface area contributed by atoms with Gasteiger partial charge in [-0.05, 0) is 284 Å². The molecular formula is C142H87N5S3. The molecule has 8 heterocycles. The minimum absolute atomic E-state index is 0.896. The summed E-state index contributed by atoms with van der Waals surface area (Å²) in [5.41, 5.74) is 33.9. The summed E-state index contributed by atoms with van der Waals surface area (Å²) in [5, 5.41) is 23.2. The average Bonchev–Trinajstić information content (AvgIpc) is 1.56. The predicted octanol–water partition coefficient (Wildman–Crippen LogP) is 40.4. The van der Waals surface area contributed by atoms with Crippen LogP contribution >= 0.6 is 34.0 Å². The first-order valence-electron chi connectivity index (χ1n) is 51.2. The Bertz CT molecular complexity index is 10300. The van der Waals surface area contributed by atoms with Gasteiger partial charge in [-0.1, -0.05) is 376 Å². The smallest absolute Gasteiger partial charge is 0.138 e. The molecule has 5 nitrogen and oxygen atoms in total. The van der Waals surface area contributed by atoms with Crippen molar-refractivity contribution in [2.45, 2.75) is 0 Å². The number of aromatic nitrogens is 5. The molecule has 8 aromatic heterocycles. The van der Waals surface area contributed by atoms with E-state index in [1.54, 1.807) is 0 Å². The van der Waals surface area contributed by atoms with Gasteiger partial charge in [0.05, 0.1) is 44.5 Å². The topological polar surface area (TPSA) is 40.6 Å². The number of hydrogen-bond acceptors (Lipinski definition) is 5. The highest BCUT2D eigenvalue weighted by molar-refractivity contribution is 7.26. The van der Waals surface area contributed by atoms with Crippen LogP contribution in [0.25, 0.3) is 298 Å². The summed E-state index contributed by atoms with van der Waals surface area (Å²) in [7, 11) is 0. The zero-order valence-corrected chi connectivity index (χ0v) is 83.6. The van der Waals surface area contributed by atoms with Gasteiger partial charge in [0.15, 0.2) is 0 Å². The molecule has 0 atom stereocenters. The van der Waals surface area contributed by atoms with Crippen molar-refractivity contribution in [1.82, 2.24) is 23.7 Å². The standard InChI is InChI=1S/C55H34N2S.C44H27NS.C43H26N2S/c1-3-10-35(11-4-1)37-18-20-39(21-19-37)45-32-48(40-24-22-38(23-25-40)36-12-5-2-6-13-36)56-53(34-45)57-49-16-9-14-41-26-27-43-30-44(33-50(57)55(43)54(41)49)42-28-29-52-47(31-42)46-15-7-8-17-51(46)58-52;1-3-10-28(11-4-1)33-23-34(29-12-5-2-6-13-29)25-36(24-33)45-39-16-9-14-30-18-19-32-22-35(27-40(45)44(32)43(30)39)31-20-21-42-38(26-31)37-15-7-8-17-41(37)46-42;1-3-10-27(11-4-1)33-24-36(28-12-5-2-6-13-28)44-41(26-33)45-37-16-9-14-29-18-19-31-22-32(25-38(45)43(31)42(29)37)30-20-21-40-35(23-30)34-15-7-8-17-39(34)46-40/h1-34H;1-27H;1-26H. The van der Waals surface area contributed by atoms with Gasteiger partial charge in [0.2, 0.25) is 0 Å². The first kappa shape index (κ1) is 86.7. The second kappa shape index (κ2) is 35.6. The summed E-state index contributed by atoms with van der Waals surface area (Å²) in [6.45, 7) is 0. The molecule has 8 heteroatoms. The van der Waals surface area contributed by atoms with Crippen LogP contribution in [0.3, 0.4) is 0 Å². The van der Waals surface area contributed by atoms with Gasteiger partial charge in [-0.15, -0.1) is 34.0 Å². The maximum absolute atomic E-state index is 5.53. The second-order valence-corrected chi connectivity index (χ2v) is 42.6. The van der Waals surface area contributed by atoms with Crippen LogP contribution in [0.15, 0.2) is 528 Å². The SMILES string of the molecule is c1ccc(-c2cc(-c3ccccc3)cc(-n3c4cccc5ccc6cc(-c7ccc8sc9ccccc9c8c7)cc3c6c54)c2)cc1.c1ccc(-c2cc(-c3ccccc3)nc(-n3c4cccc5ccc6cc(-c7ccc8sc9ccccc9c8c7)cc3c6c54)c2)cc1.c1ccc(-c2ccc(-c3cc(-c4ccc(-c5ccccc5)cc4)nc(-n4c5cccc6ccc7cc(-c8ccc9sc%10ccccc%10c9c8)cc4c7c65)c3)cc2)cc1. The molecule has 0 N–H and O–H groups in total. The van der Waals surface area contributed by atoms with Crippen LogP contribution in [0.1, 0.15) is 0 Å². The Morgan fingerprint density at radius 1 is 0.133 bits per heavy atom. The Hall–Kier alpha value is -18.8. The van der Waals surface area contributed by atoms with E-state index in [-0.39, 0.29) is 0 Å². The second-order valence-electron chi connectivity index (χ2n) is 39.4. The number of pyridine rings is 2. The molecule has 0 amide bonds. The maximum atomic E-state index is 5.53. The van der Waals surface area contributed by atoms with Crippen LogP contribution < -0.4 is 0 Å². The highest BCUT2D eigenvalue weighted by Crippen LogP contribution is 2.51. The van der Waals surface area contributed by atoms with Gasteiger partial charge in [0, 0.05) is 110 Å². The number of hydrogen-bond donors (Lipinski definition) is 0. The van der Waals surface area contributed by atoms with Crippen molar-refractivity contribution >= 4 is 192 Å². The van der Waals surface area contributed by atoms with Gasteiger partial charge < -0.3 is 4.57 Å². The van der Waals surface area contributed by atoms with Crippen LogP contribution in [0.4, 0.5) is 0 Å². The molecule has 32 rings (SSSR count). The minimum atomic E-state index is 0.896. The summed E-state index contributed by atoms with van der Waals surface area (Å²) in [5.74, 6) is 1.81. The fraction of sp³-hybridized carbons (Fsp3) is 0. The van der Waals surface area contributed by atoms with E-state index in [1.807, 2.05) is 34.0 Å². The third-order valence-corrected chi connectivity index (χ3v) is 34.0. The largest absolute Gasteiger partial charge is 0.309 e. The predicted molar refractivity (Wildman–Crippen MR) is 642 cm³/mol. The van der Waals surface area contributed by atoms with E-state index in [4.69, 9.17) is 9.97 Å². The van der Waals surface area contributed by atoms with Crippen molar-refractivity contribution in [3.63, 3.8) is 0 Å². The number of rotatable bonds is 14. The molecule has 0 spiro atoms. The Labute approximate surface area is 876 Å². The van der Waals surface area contributed by atoms with E-state index < -0.39 is 0 Å². The molecular weight excluding hydrogens is 1870 g/mol. The Balaban J connectivity index is 0.000000104. The van der Waals surface area contributed by atoms with E-state index in [2.05, 4.69) is 541 Å². The first-order chi connectivity index (χ1) is 74.3. The summed E-state index contributed by atoms with van der Waals surface area (Å²) in [6, 6.07) is 193. The molecule has 0 fully saturated rings. The van der Waals surface area contributed by atoms with E-state index >= 15 is 0 Å². The maximum Gasteiger partial charge on any atom is 0.138 e. The van der Waals surface area contributed by atoms with Crippen LogP contribution in [0, 0.1) is 0 Å². The van der Waals surface area contributed by atoms with Crippen molar-refractivity contribution in [2.24, 2.45) is 0 Å². The normalized spacial score (nSPS) is 11.9. The third kappa shape index (κ3) is 14.8. The summed E-state index contributed by atoms with van der Waals surface area (Å²) in [4.78, 5) is 10.9. The highest BCUT2D eigenvalue weighted by atomic mass is 32.1. The molecule has 0 aliphatic rings. The van der Waals surface area contributed by atoms with E-state index in [1.165, 1.54) is 236 Å². The van der Waals surface area contributed by atoms with Gasteiger partial charge in [0.1, 0.15) is 11.6 Å². The first-order valence-corrected chi connectivity index (χ1v) is 53.6. The van der Waals surface area contributed by atoms with E-state index in [0.717, 1.165) is 61.9 Å². The molecule has 0 saturated carbocycles. The Morgan fingerprint density at radius 3 is 0.733 bits per heavy atom. The Kier molecular flexibility index (Phi) is 20.5. The molecule has 0 radical (unpaired) electrons. The van der Waals surface area contributed by atoms with Crippen molar-refractivity contribution in [3.8, 4) is 140 Å². The molecule has 150 heavy (non-hydrogen) atoms. The number of nitrogens with zero attached hydrogens (tertiary/aromatic N) is 5. The molecule has 698 valence electrons. The molecule has 0 bridgehead atoms. The van der Waals surface area contributed by atoms with Gasteiger partial charge in [-0.2, -0.15) is 0 Å². The molecule has 32 aromatic rings. The van der Waals surface area contributed by atoms with E-state index in [0.29, 0.717) is 0 Å². The lowest BCUT2D eigenvalue weighted by molar-refractivity contribution is 1.08. The number of thiophene rings is 3. The zero-order valence-electron chi connectivity index (χ0n) is 81.2. The van der Waals surface area contributed by atoms with Crippen molar-refractivity contribution in [2.75, 3.05) is 0 Å². The molecule has 0 aliphatic carbocycles. The van der Waals surface area contributed by atoms with Crippen LogP contribution in [-0.2, 0) is 0 Å². The third-order valence-electron chi connectivity index (χ3n) is 30.6. The van der Waals surface area contributed by atoms with Crippen molar-refractivity contribution in [3.05, 3.63) is 528 Å². The van der Waals surface area contributed by atoms with Gasteiger partial charge >= 0.3 is 0 Å². The fourth-order valence-corrected chi connectivity index (χ4v) is 26.7. The van der Waals surface area contributed by atoms with E-state index in [9.17, 15) is 0 Å². The molecule has 0 aliphatic heterocycles. The van der Waals surface area contributed by atoms with Gasteiger partial charge in [-0.3, -0.25) is 9.13 Å². The zero-order chi connectivity index (χ0) is 98.5. The number of fused-ring (bicyclic) bond motifs is 9. The molecule has 0 saturated heterocycles. The quantitative estimate of drug-likeness (QED) is 0.102. The summed E-state index contributed by atoms with van der Waals surface area (Å²) < 4.78 is 15.2. The van der Waals surface area contributed by atoms with Gasteiger partial charge in [0.25, 0.3) is 0 Å². The number of benzene rings is 24. The molecule has 0 unspecified atom stereocenters. The summed E-state index contributed by atoms with van der Waals surface area (Å²) >= 11 is 5.59. The van der Waals surface area contributed by atoms with Crippen LogP contribution in [-0.4, -0.2) is 23.7 Å².